The zero-order valence-corrected chi connectivity index (χ0v) is 21.5. The monoisotopic (exact) mass is 509 g/mol. The topological polar surface area (TPSA) is 95.9 Å². The fraction of sp³-hybridized carbons (Fsp3) is 0.280. The molecule has 1 aliphatic rings. The van der Waals surface area contributed by atoms with E-state index in [2.05, 4.69) is 38.1 Å². The third-order valence-electron chi connectivity index (χ3n) is 5.00. The van der Waals surface area contributed by atoms with Gasteiger partial charge in [-0.3, -0.25) is 10.1 Å². The first-order valence-corrected chi connectivity index (χ1v) is 12.4. The van der Waals surface area contributed by atoms with E-state index in [4.69, 9.17) is 4.74 Å². The zero-order valence-electron chi connectivity index (χ0n) is 19.7. The number of carbonyl (C=O) groups excluding carboxylic acids is 2. The lowest BCUT2D eigenvalue weighted by Gasteiger charge is -2.26. The Balaban J connectivity index is 1.44. The van der Waals surface area contributed by atoms with E-state index in [0.717, 1.165) is 22.8 Å². The highest BCUT2D eigenvalue weighted by Crippen LogP contribution is 2.28. The number of amides is 2. The van der Waals surface area contributed by atoms with Crippen molar-refractivity contribution in [2.45, 2.75) is 39.3 Å². The van der Waals surface area contributed by atoms with E-state index < -0.39 is 11.7 Å². The predicted molar refractivity (Wildman–Crippen MR) is 143 cm³/mol. The minimum Gasteiger partial charge on any atom is -0.444 e. The highest BCUT2D eigenvalue weighted by molar-refractivity contribution is 7.96. The second-order valence-corrected chi connectivity index (χ2v) is 10.4. The Morgan fingerprint density at radius 3 is 2.40 bits per heavy atom. The average Bonchev–Trinajstić information content (AvgIpc) is 3.23. The van der Waals surface area contributed by atoms with Gasteiger partial charge in [-0.05, 0) is 45.0 Å². The van der Waals surface area contributed by atoms with E-state index in [1.165, 1.54) is 11.3 Å². The van der Waals surface area contributed by atoms with E-state index in [1.54, 1.807) is 45.0 Å². The predicted octanol–water partition coefficient (Wildman–Crippen LogP) is 5.72. The first-order chi connectivity index (χ1) is 16.7. The molecule has 0 saturated heterocycles. The van der Waals surface area contributed by atoms with Gasteiger partial charge in [0.1, 0.15) is 5.60 Å². The van der Waals surface area contributed by atoms with E-state index in [-0.39, 0.29) is 5.91 Å². The van der Waals surface area contributed by atoms with E-state index >= 15 is 0 Å². The second kappa shape index (κ2) is 10.5. The smallest absolute Gasteiger partial charge is 0.412 e. The molecule has 3 aromatic rings. The summed E-state index contributed by atoms with van der Waals surface area (Å²) in [5.74, 6) is -0.335. The van der Waals surface area contributed by atoms with Crippen LogP contribution < -0.4 is 10.6 Å². The number of aromatic nitrogens is 1. The van der Waals surface area contributed by atoms with Gasteiger partial charge in [0.15, 0.2) is 10.2 Å². The number of amidine groups is 1. The Kier molecular flexibility index (Phi) is 7.42. The number of hydrogen-bond donors (Lipinski definition) is 3. The van der Waals surface area contributed by atoms with Crippen LogP contribution in [0.3, 0.4) is 0 Å². The molecule has 0 fully saturated rings. The first-order valence-electron chi connectivity index (χ1n) is 11.1. The van der Waals surface area contributed by atoms with Crippen molar-refractivity contribution in [1.82, 2.24) is 9.88 Å². The second-order valence-electron chi connectivity index (χ2n) is 8.93. The summed E-state index contributed by atoms with van der Waals surface area (Å²) in [7, 11) is 0. The molecule has 182 valence electrons. The van der Waals surface area contributed by atoms with Crippen LogP contribution in [-0.2, 0) is 17.7 Å². The van der Waals surface area contributed by atoms with Crippen LogP contribution in [0.5, 0.6) is 0 Å². The molecule has 0 spiro atoms. The maximum absolute atomic E-state index is 13.0. The third-order valence-corrected chi connectivity index (χ3v) is 6.47. The van der Waals surface area contributed by atoms with Crippen LogP contribution in [0.25, 0.3) is 0 Å². The molecule has 10 heteroatoms. The summed E-state index contributed by atoms with van der Waals surface area (Å²) in [5.41, 5.74) is 2.03. The van der Waals surface area contributed by atoms with Gasteiger partial charge in [0, 0.05) is 17.8 Å². The molecule has 0 unspecified atom stereocenters. The number of thiazole rings is 1. The van der Waals surface area contributed by atoms with Gasteiger partial charge in [0.25, 0.3) is 5.91 Å². The molecule has 2 heterocycles. The van der Waals surface area contributed by atoms with Gasteiger partial charge < -0.3 is 15.0 Å². The summed E-state index contributed by atoms with van der Waals surface area (Å²) in [5, 5.41) is 6.54. The number of ether oxygens (including phenoxy) is 1. The molecule has 0 atom stereocenters. The summed E-state index contributed by atoms with van der Waals surface area (Å²) >= 11 is 5.94. The van der Waals surface area contributed by atoms with Crippen molar-refractivity contribution >= 4 is 58.2 Å². The number of fused-ring (bicyclic) bond motifs is 1. The summed E-state index contributed by atoms with van der Waals surface area (Å²) in [6.07, 6.45) is 0.105. The largest absolute Gasteiger partial charge is 0.444 e. The number of nitrogens with one attached hydrogen (secondary N) is 2. The number of benzene rings is 2. The van der Waals surface area contributed by atoms with Crippen molar-refractivity contribution in [2.75, 3.05) is 17.2 Å². The van der Waals surface area contributed by atoms with E-state index in [9.17, 15) is 9.59 Å². The van der Waals surface area contributed by atoms with Gasteiger partial charge in [-0.25, -0.2) is 14.8 Å². The van der Waals surface area contributed by atoms with Gasteiger partial charge in [-0.2, -0.15) is 0 Å². The molecule has 35 heavy (non-hydrogen) atoms. The summed E-state index contributed by atoms with van der Waals surface area (Å²) < 4.78 is 5.31. The van der Waals surface area contributed by atoms with Crippen molar-refractivity contribution < 1.29 is 14.3 Å². The van der Waals surface area contributed by atoms with Crippen LogP contribution in [-0.4, -0.2) is 39.2 Å². The molecule has 2 N–H and O–H groups in total. The van der Waals surface area contributed by atoms with Crippen molar-refractivity contribution in [3.05, 3.63) is 70.2 Å². The average molecular weight is 510 g/mol. The van der Waals surface area contributed by atoms with Crippen LogP contribution >= 0.6 is 24.0 Å². The fourth-order valence-electron chi connectivity index (χ4n) is 3.44. The molecule has 1 aromatic heterocycles. The van der Waals surface area contributed by atoms with E-state index in [1.807, 2.05) is 30.3 Å². The lowest BCUT2D eigenvalue weighted by molar-refractivity contribution is 0.0635. The van der Waals surface area contributed by atoms with Gasteiger partial charge in [0.05, 0.1) is 29.3 Å². The maximum Gasteiger partial charge on any atom is 0.412 e. The van der Waals surface area contributed by atoms with Crippen LogP contribution in [0, 0.1) is 0 Å². The lowest BCUT2D eigenvalue weighted by Crippen LogP contribution is -2.32. The number of anilines is 2. The standard InChI is InChI=1S/C25H27N5O3S2/c1-25(2,3)33-24(32)29-18-12-8-7-11-17(18)27-21(31)22-28-19-13-14-30(15-20(19)35-22)23(34)26-16-9-5-4-6-10-16/h4-12H,13-15H2,1-3H3,(H,26,34)(H,27,31)(H,29,32). The molecule has 0 radical (unpaired) electrons. The molecular weight excluding hydrogens is 482 g/mol. The Hall–Kier alpha value is -3.37. The molecule has 2 aromatic carbocycles. The summed E-state index contributed by atoms with van der Waals surface area (Å²) in [6.45, 7) is 6.67. The number of aliphatic imine (C=N–C) groups is 1. The molecular formula is C25H27N5O3S2. The first kappa shape index (κ1) is 24.7. The van der Waals surface area contributed by atoms with Crippen molar-refractivity contribution in [1.29, 1.82) is 0 Å². The van der Waals surface area contributed by atoms with Crippen LogP contribution in [0.1, 0.15) is 41.1 Å². The van der Waals surface area contributed by atoms with Crippen LogP contribution in [0.2, 0.25) is 0 Å². The summed E-state index contributed by atoms with van der Waals surface area (Å²) in [4.78, 5) is 37.4. The molecule has 8 nitrogen and oxygen atoms in total. The Bertz CT molecular complexity index is 1250. The number of hydrogen-bond acceptors (Lipinski definition) is 6. The lowest BCUT2D eigenvalue weighted by atomic mass is 10.2. The minimum atomic E-state index is -0.630. The summed E-state index contributed by atoms with van der Waals surface area (Å²) in [6, 6.07) is 16.6. The highest BCUT2D eigenvalue weighted by Gasteiger charge is 2.25. The molecule has 4 rings (SSSR count). The highest BCUT2D eigenvalue weighted by atomic mass is 32.1. The normalized spacial score (nSPS) is 13.7. The van der Waals surface area contributed by atoms with Gasteiger partial charge in [0.2, 0.25) is 0 Å². The van der Waals surface area contributed by atoms with E-state index in [0.29, 0.717) is 34.5 Å². The molecule has 0 saturated carbocycles. The number of rotatable bonds is 4. The zero-order chi connectivity index (χ0) is 25.0. The third kappa shape index (κ3) is 6.61. The Morgan fingerprint density at radius 2 is 1.71 bits per heavy atom. The Labute approximate surface area is 213 Å². The maximum atomic E-state index is 13.0. The molecule has 1 aliphatic heterocycles. The van der Waals surface area contributed by atoms with Crippen molar-refractivity contribution in [3.8, 4) is 0 Å². The number of para-hydroxylation sites is 3. The molecule has 0 aliphatic carbocycles. The fourth-order valence-corrected chi connectivity index (χ4v) is 4.75. The number of carbonyl (C=O) groups is 2. The number of thiol groups is 1. The molecule has 2 amide bonds. The quantitative estimate of drug-likeness (QED) is 0.238. The minimum absolute atomic E-state index is 0.335. The molecule has 0 bridgehead atoms. The van der Waals surface area contributed by atoms with Gasteiger partial charge in [-0.1, -0.05) is 30.3 Å². The Morgan fingerprint density at radius 1 is 1.06 bits per heavy atom. The van der Waals surface area contributed by atoms with Crippen LogP contribution in [0.15, 0.2) is 59.6 Å². The van der Waals surface area contributed by atoms with Gasteiger partial charge >= 0.3 is 6.09 Å². The number of nitrogens with zero attached hydrogens (tertiary/aromatic N) is 3. The van der Waals surface area contributed by atoms with Crippen LogP contribution in [0.4, 0.5) is 21.9 Å². The SMILES string of the molecule is CC(C)(C)OC(=O)Nc1ccccc1NC(=O)c1nc2c(s1)CN(C(S)=Nc1ccccc1)CC2. The van der Waals surface area contributed by atoms with Crippen molar-refractivity contribution in [2.24, 2.45) is 4.99 Å². The van der Waals surface area contributed by atoms with Gasteiger partial charge in [-0.15, -0.1) is 24.0 Å². The van der Waals surface area contributed by atoms with Crippen molar-refractivity contribution in [3.63, 3.8) is 0 Å².